The Morgan fingerprint density at radius 3 is 2.33 bits per heavy atom. The Hall–Kier alpha value is -4.35. The van der Waals surface area contributed by atoms with Crippen LogP contribution in [0.3, 0.4) is 0 Å². The van der Waals surface area contributed by atoms with Crippen LogP contribution in [-0.2, 0) is 19.5 Å². The van der Waals surface area contributed by atoms with Crippen molar-refractivity contribution in [2.24, 2.45) is 5.41 Å². The fraction of sp³-hybridized carbons (Fsp3) is 0.323. The predicted octanol–water partition coefficient (Wildman–Crippen LogP) is 5.11. The van der Waals surface area contributed by atoms with Gasteiger partial charge in [0, 0.05) is 45.0 Å². The monoisotopic (exact) mass is 519 g/mol. The van der Waals surface area contributed by atoms with Crippen LogP contribution in [0, 0.1) is 23.7 Å². The van der Waals surface area contributed by atoms with Gasteiger partial charge in [0.1, 0.15) is 6.07 Å². The maximum absolute atomic E-state index is 12.8. The molecule has 0 fully saturated rings. The number of nitrogens with one attached hydrogen (secondary N) is 1. The summed E-state index contributed by atoms with van der Waals surface area (Å²) in [5.74, 6) is 0.143. The summed E-state index contributed by atoms with van der Waals surface area (Å²) in [6.45, 7) is 8.88. The topological polar surface area (TPSA) is 99.7 Å². The maximum atomic E-state index is 12.8. The van der Waals surface area contributed by atoms with Crippen molar-refractivity contribution in [2.45, 2.75) is 46.7 Å². The molecule has 0 unspecified atom stereocenters. The number of carbonyl (C=O) groups excluding carboxylic acids is 1. The summed E-state index contributed by atoms with van der Waals surface area (Å²) >= 11 is 0. The molecule has 3 heterocycles. The van der Waals surface area contributed by atoms with E-state index in [1.807, 2.05) is 78.6 Å². The van der Waals surface area contributed by atoms with Crippen LogP contribution in [0.5, 0.6) is 0 Å². The molecule has 0 radical (unpaired) electrons. The molecule has 5 rings (SSSR count). The van der Waals surface area contributed by atoms with E-state index in [1.165, 1.54) is 0 Å². The Morgan fingerprint density at radius 2 is 1.72 bits per heavy atom. The van der Waals surface area contributed by atoms with E-state index in [1.54, 1.807) is 0 Å². The molecule has 198 valence electrons. The number of anilines is 1. The minimum Gasteiger partial charge on any atom is -0.383 e. The lowest BCUT2D eigenvalue weighted by Crippen LogP contribution is -2.29. The average Bonchev–Trinajstić information content (AvgIpc) is 3.25. The molecule has 0 saturated heterocycles. The summed E-state index contributed by atoms with van der Waals surface area (Å²) < 4.78 is 1.84. The highest BCUT2D eigenvalue weighted by Gasteiger charge is 2.35. The van der Waals surface area contributed by atoms with Crippen molar-refractivity contribution < 1.29 is 4.79 Å². The third-order valence-corrected chi connectivity index (χ3v) is 7.06. The van der Waals surface area contributed by atoms with E-state index in [4.69, 9.17) is 5.10 Å². The SMILES string of the molecule is Cc1nn(-c2ccc(NCCN(Cc3ccccn3)Cc3ccccn3)c(C#N)c2)c2c1C(=O)CC(C)(C)C2. The van der Waals surface area contributed by atoms with E-state index in [0.29, 0.717) is 31.6 Å². The van der Waals surface area contributed by atoms with E-state index in [0.717, 1.165) is 52.7 Å². The normalized spacial score (nSPS) is 14.2. The number of nitrogens with zero attached hydrogens (tertiary/aromatic N) is 6. The molecule has 8 nitrogen and oxygen atoms in total. The zero-order valence-corrected chi connectivity index (χ0v) is 22.7. The molecule has 1 aliphatic rings. The number of pyridine rings is 2. The number of nitriles is 1. The number of rotatable bonds is 9. The zero-order valence-electron chi connectivity index (χ0n) is 22.7. The van der Waals surface area contributed by atoms with Crippen LogP contribution in [0.2, 0.25) is 0 Å². The average molecular weight is 520 g/mol. The fourth-order valence-corrected chi connectivity index (χ4v) is 5.27. The first-order valence-electron chi connectivity index (χ1n) is 13.3. The van der Waals surface area contributed by atoms with E-state index in [2.05, 4.69) is 40.1 Å². The largest absolute Gasteiger partial charge is 0.383 e. The highest BCUT2D eigenvalue weighted by molar-refractivity contribution is 5.99. The molecule has 0 atom stereocenters. The van der Waals surface area contributed by atoms with Gasteiger partial charge in [0.15, 0.2) is 5.78 Å². The van der Waals surface area contributed by atoms with Gasteiger partial charge in [0.05, 0.1) is 45.3 Å². The lowest BCUT2D eigenvalue weighted by molar-refractivity contribution is 0.0910. The number of benzene rings is 1. The van der Waals surface area contributed by atoms with Gasteiger partial charge < -0.3 is 5.32 Å². The first kappa shape index (κ1) is 26.3. The minimum absolute atomic E-state index is 0.121. The molecule has 4 aromatic rings. The second kappa shape index (κ2) is 11.2. The molecule has 0 amide bonds. The Kier molecular flexibility index (Phi) is 7.53. The van der Waals surface area contributed by atoms with Crippen LogP contribution in [0.4, 0.5) is 5.69 Å². The molecular weight excluding hydrogens is 486 g/mol. The van der Waals surface area contributed by atoms with E-state index >= 15 is 0 Å². The third-order valence-electron chi connectivity index (χ3n) is 7.06. The van der Waals surface area contributed by atoms with E-state index in [9.17, 15) is 10.1 Å². The molecule has 39 heavy (non-hydrogen) atoms. The number of fused-ring (bicyclic) bond motifs is 1. The van der Waals surface area contributed by atoms with Gasteiger partial charge in [0.2, 0.25) is 0 Å². The smallest absolute Gasteiger partial charge is 0.167 e. The number of carbonyl (C=O) groups is 1. The molecular formula is C31H33N7O. The molecule has 0 saturated carbocycles. The molecule has 1 aromatic carbocycles. The van der Waals surface area contributed by atoms with Gasteiger partial charge in [-0.3, -0.25) is 19.7 Å². The van der Waals surface area contributed by atoms with Gasteiger partial charge in [-0.1, -0.05) is 26.0 Å². The van der Waals surface area contributed by atoms with Gasteiger partial charge in [-0.2, -0.15) is 10.4 Å². The number of aryl methyl sites for hydroxylation is 1. The second-order valence-corrected chi connectivity index (χ2v) is 10.9. The van der Waals surface area contributed by atoms with Crippen molar-refractivity contribution in [1.82, 2.24) is 24.6 Å². The Balaban J connectivity index is 1.32. The van der Waals surface area contributed by atoms with Gasteiger partial charge >= 0.3 is 0 Å². The van der Waals surface area contributed by atoms with Crippen molar-refractivity contribution in [3.8, 4) is 11.8 Å². The number of hydrogen-bond donors (Lipinski definition) is 1. The van der Waals surface area contributed by atoms with Crippen molar-refractivity contribution >= 4 is 11.5 Å². The molecule has 8 heteroatoms. The van der Waals surface area contributed by atoms with Crippen LogP contribution in [0.15, 0.2) is 67.0 Å². The third kappa shape index (κ3) is 6.05. The summed E-state index contributed by atoms with van der Waals surface area (Å²) in [4.78, 5) is 24.1. The Bertz CT molecular complexity index is 1460. The summed E-state index contributed by atoms with van der Waals surface area (Å²) in [6, 6.07) is 19.9. The maximum Gasteiger partial charge on any atom is 0.167 e. The van der Waals surface area contributed by atoms with Crippen LogP contribution in [0.25, 0.3) is 5.69 Å². The Labute approximate surface area is 229 Å². The van der Waals surface area contributed by atoms with Crippen LogP contribution < -0.4 is 5.32 Å². The quantitative estimate of drug-likeness (QED) is 0.328. The minimum atomic E-state index is -0.121. The summed E-state index contributed by atoms with van der Waals surface area (Å²) in [7, 11) is 0. The highest BCUT2D eigenvalue weighted by Crippen LogP contribution is 2.37. The molecule has 3 aromatic heterocycles. The second-order valence-electron chi connectivity index (χ2n) is 10.9. The zero-order chi connectivity index (χ0) is 27.4. The lowest BCUT2D eigenvalue weighted by Gasteiger charge is -2.29. The van der Waals surface area contributed by atoms with Crippen molar-refractivity contribution in [1.29, 1.82) is 5.26 Å². The van der Waals surface area contributed by atoms with Crippen LogP contribution in [-0.4, -0.2) is 43.5 Å². The summed E-state index contributed by atoms with van der Waals surface area (Å²) in [5.41, 5.74) is 6.37. The molecule has 1 N–H and O–H groups in total. The van der Waals surface area contributed by atoms with E-state index in [-0.39, 0.29) is 11.2 Å². The van der Waals surface area contributed by atoms with Crippen molar-refractivity contribution in [3.05, 3.63) is 101 Å². The molecule has 0 spiro atoms. The van der Waals surface area contributed by atoms with Crippen molar-refractivity contribution in [3.63, 3.8) is 0 Å². The molecule has 0 aliphatic heterocycles. The van der Waals surface area contributed by atoms with Gasteiger partial charge in [-0.15, -0.1) is 0 Å². The first-order chi connectivity index (χ1) is 18.8. The summed E-state index contributed by atoms with van der Waals surface area (Å²) in [6.07, 6.45) is 4.90. The van der Waals surface area contributed by atoms with Gasteiger partial charge in [-0.25, -0.2) is 4.68 Å². The number of ketones is 1. The predicted molar refractivity (Wildman–Crippen MR) is 151 cm³/mol. The van der Waals surface area contributed by atoms with Crippen molar-refractivity contribution in [2.75, 3.05) is 18.4 Å². The van der Waals surface area contributed by atoms with Gasteiger partial charge in [0.25, 0.3) is 0 Å². The molecule has 1 aliphatic carbocycles. The van der Waals surface area contributed by atoms with Gasteiger partial charge in [-0.05, 0) is 61.2 Å². The molecule has 0 bridgehead atoms. The standard InChI is InChI=1S/C31H33N7O/c1-22-30-28(17-31(2,3)18-29(30)39)38(36-22)26-10-11-27(23(16-26)19-32)35-14-15-37(20-24-8-4-6-12-33-24)21-25-9-5-7-13-34-25/h4-13,16,35H,14-15,17-18,20-21H2,1-3H3. The van der Waals surface area contributed by atoms with Crippen LogP contribution in [0.1, 0.15) is 59.0 Å². The highest BCUT2D eigenvalue weighted by atomic mass is 16.1. The summed E-state index contributed by atoms with van der Waals surface area (Å²) in [5, 5.41) is 18.1. The number of Topliss-reactive ketones (excluding diaryl/α,β-unsaturated/α-hetero) is 1. The fourth-order valence-electron chi connectivity index (χ4n) is 5.27. The van der Waals surface area contributed by atoms with Crippen LogP contribution >= 0.6 is 0 Å². The number of hydrogen-bond acceptors (Lipinski definition) is 7. The van der Waals surface area contributed by atoms with E-state index < -0.39 is 0 Å². The Morgan fingerprint density at radius 1 is 1.03 bits per heavy atom. The first-order valence-corrected chi connectivity index (χ1v) is 13.3. The number of aromatic nitrogens is 4. The lowest BCUT2D eigenvalue weighted by atomic mass is 9.75.